The Labute approximate surface area is 162 Å². The van der Waals surface area contributed by atoms with Gasteiger partial charge < -0.3 is 0 Å². The van der Waals surface area contributed by atoms with Crippen LogP contribution >= 0.6 is 23.2 Å². The van der Waals surface area contributed by atoms with Gasteiger partial charge in [-0.25, -0.2) is 9.97 Å². The van der Waals surface area contributed by atoms with Gasteiger partial charge in [0.15, 0.2) is 0 Å². The Morgan fingerprint density at radius 1 is 1.04 bits per heavy atom. The molecule has 0 fully saturated rings. The quantitative estimate of drug-likeness (QED) is 0.655. The summed E-state index contributed by atoms with van der Waals surface area (Å²) in [5.74, 6) is 0.845. The van der Waals surface area contributed by atoms with Crippen LogP contribution in [-0.2, 0) is 19.5 Å². The summed E-state index contributed by atoms with van der Waals surface area (Å²) < 4.78 is 0. The van der Waals surface area contributed by atoms with Crippen LogP contribution in [0.4, 0.5) is 0 Å². The number of aromatic nitrogens is 3. The number of rotatable bonds is 3. The van der Waals surface area contributed by atoms with Crippen molar-refractivity contribution in [3.8, 4) is 11.3 Å². The number of hydrogen-bond donors (Lipinski definition) is 0. The zero-order chi connectivity index (χ0) is 18.1. The first-order valence-corrected chi connectivity index (χ1v) is 9.27. The van der Waals surface area contributed by atoms with Gasteiger partial charge in [-0.05, 0) is 36.8 Å². The SMILES string of the molecule is Cc1ncc2c(n1)CCN(Cc1ccc(-c3cc(Cl)cc(Cl)c3)nc1)C2. The van der Waals surface area contributed by atoms with Crippen LogP contribution in [0.3, 0.4) is 0 Å². The first-order chi connectivity index (χ1) is 12.6. The number of hydrogen-bond acceptors (Lipinski definition) is 4. The largest absolute Gasteiger partial charge is 0.294 e. The summed E-state index contributed by atoms with van der Waals surface area (Å²) in [4.78, 5) is 15.8. The van der Waals surface area contributed by atoms with E-state index in [4.69, 9.17) is 23.2 Å². The minimum absolute atomic E-state index is 0.614. The topological polar surface area (TPSA) is 41.9 Å². The number of benzene rings is 1. The summed E-state index contributed by atoms with van der Waals surface area (Å²) in [5.41, 5.74) is 5.37. The van der Waals surface area contributed by atoms with Crippen molar-refractivity contribution in [1.29, 1.82) is 0 Å². The first kappa shape index (κ1) is 17.4. The predicted molar refractivity (Wildman–Crippen MR) is 104 cm³/mol. The Balaban J connectivity index is 1.47. The van der Waals surface area contributed by atoms with Crippen LogP contribution in [0.1, 0.15) is 22.6 Å². The number of halogens is 2. The highest BCUT2D eigenvalue weighted by atomic mass is 35.5. The van der Waals surface area contributed by atoms with E-state index in [1.54, 1.807) is 6.07 Å². The lowest BCUT2D eigenvalue weighted by molar-refractivity contribution is 0.242. The van der Waals surface area contributed by atoms with Crippen LogP contribution in [0, 0.1) is 6.92 Å². The van der Waals surface area contributed by atoms with Gasteiger partial charge in [-0.3, -0.25) is 9.88 Å². The molecule has 0 saturated heterocycles. The molecule has 1 aliphatic heterocycles. The maximum absolute atomic E-state index is 6.08. The zero-order valence-corrected chi connectivity index (χ0v) is 15.9. The molecule has 2 aromatic heterocycles. The van der Waals surface area contributed by atoms with E-state index in [-0.39, 0.29) is 0 Å². The average Bonchev–Trinajstić information content (AvgIpc) is 2.62. The van der Waals surface area contributed by atoms with Crippen molar-refractivity contribution in [1.82, 2.24) is 19.9 Å². The van der Waals surface area contributed by atoms with Crippen LogP contribution in [0.5, 0.6) is 0 Å². The van der Waals surface area contributed by atoms with Crippen molar-refractivity contribution in [3.05, 3.63) is 75.4 Å². The molecule has 0 bridgehead atoms. The van der Waals surface area contributed by atoms with Crippen LogP contribution in [0.25, 0.3) is 11.3 Å². The van der Waals surface area contributed by atoms with E-state index in [1.807, 2.05) is 37.5 Å². The smallest absolute Gasteiger partial charge is 0.125 e. The molecule has 0 spiro atoms. The van der Waals surface area contributed by atoms with Crippen LogP contribution < -0.4 is 0 Å². The Morgan fingerprint density at radius 3 is 2.58 bits per heavy atom. The molecular weight excluding hydrogens is 367 g/mol. The summed E-state index contributed by atoms with van der Waals surface area (Å²) in [5, 5.41) is 1.23. The molecule has 3 aromatic rings. The van der Waals surface area contributed by atoms with E-state index in [2.05, 4.69) is 25.9 Å². The predicted octanol–water partition coefficient (Wildman–Crippen LogP) is 4.71. The summed E-state index contributed by atoms with van der Waals surface area (Å²) in [6, 6.07) is 9.60. The molecule has 0 amide bonds. The first-order valence-electron chi connectivity index (χ1n) is 8.52. The van der Waals surface area contributed by atoms with Crippen molar-refractivity contribution < 1.29 is 0 Å². The normalized spacial score (nSPS) is 14.3. The number of aryl methyl sites for hydroxylation is 1. The Morgan fingerprint density at radius 2 is 1.85 bits per heavy atom. The molecule has 0 N–H and O–H groups in total. The summed E-state index contributed by atoms with van der Waals surface area (Å²) >= 11 is 12.2. The molecule has 132 valence electrons. The van der Waals surface area contributed by atoms with Gasteiger partial charge in [0.05, 0.1) is 5.69 Å². The fraction of sp³-hybridized carbons (Fsp3) is 0.250. The van der Waals surface area contributed by atoms with Crippen molar-refractivity contribution in [3.63, 3.8) is 0 Å². The highest BCUT2D eigenvalue weighted by molar-refractivity contribution is 6.35. The van der Waals surface area contributed by atoms with Crippen molar-refractivity contribution >= 4 is 23.2 Å². The Kier molecular flexibility index (Phi) is 4.90. The minimum Gasteiger partial charge on any atom is -0.294 e. The molecule has 0 aliphatic carbocycles. The number of nitrogens with zero attached hydrogens (tertiary/aromatic N) is 4. The molecule has 4 rings (SSSR count). The second kappa shape index (κ2) is 7.31. The number of fused-ring (bicyclic) bond motifs is 1. The average molecular weight is 385 g/mol. The van der Waals surface area contributed by atoms with E-state index in [9.17, 15) is 0 Å². The molecule has 0 unspecified atom stereocenters. The second-order valence-electron chi connectivity index (χ2n) is 6.56. The van der Waals surface area contributed by atoms with Crippen molar-refractivity contribution in [2.75, 3.05) is 6.54 Å². The second-order valence-corrected chi connectivity index (χ2v) is 7.43. The molecule has 6 heteroatoms. The van der Waals surface area contributed by atoms with E-state index in [0.29, 0.717) is 10.0 Å². The molecule has 3 heterocycles. The third-order valence-corrected chi connectivity index (χ3v) is 4.96. The van der Waals surface area contributed by atoms with Gasteiger partial charge in [-0.15, -0.1) is 0 Å². The summed E-state index contributed by atoms with van der Waals surface area (Å²) in [7, 11) is 0. The van der Waals surface area contributed by atoms with Crippen molar-refractivity contribution in [2.24, 2.45) is 0 Å². The van der Waals surface area contributed by atoms with Gasteiger partial charge in [0.1, 0.15) is 5.82 Å². The lowest BCUT2D eigenvalue weighted by Crippen LogP contribution is -2.31. The van der Waals surface area contributed by atoms with Gasteiger partial charge in [0.2, 0.25) is 0 Å². The minimum atomic E-state index is 0.614. The standard InChI is InChI=1S/C20H18Cl2N4/c1-13-23-10-16-12-26(5-4-20(16)25-13)11-14-2-3-19(24-9-14)15-6-17(21)8-18(22)7-15/h2-3,6-10H,4-5,11-12H2,1H3. The molecule has 1 aliphatic rings. The van der Waals surface area contributed by atoms with Gasteiger partial charge >= 0.3 is 0 Å². The van der Waals surface area contributed by atoms with Gasteiger partial charge in [-0.1, -0.05) is 29.3 Å². The maximum Gasteiger partial charge on any atom is 0.125 e. The highest BCUT2D eigenvalue weighted by Crippen LogP contribution is 2.26. The Bertz CT molecular complexity index is 921. The molecular formula is C20H18Cl2N4. The molecule has 4 nitrogen and oxygen atoms in total. The van der Waals surface area contributed by atoms with E-state index in [0.717, 1.165) is 43.1 Å². The van der Waals surface area contributed by atoms with Gasteiger partial charge in [0.25, 0.3) is 0 Å². The van der Waals surface area contributed by atoms with Crippen molar-refractivity contribution in [2.45, 2.75) is 26.4 Å². The van der Waals surface area contributed by atoms with E-state index < -0.39 is 0 Å². The van der Waals surface area contributed by atoms with E-state index in [1.165, 1.54) is 16.8 Å². The highest BCUT2D eigenvalue weighted by Gasteiger charge is 2.18. The third kappa shape index (κ3) is 3.88. The Hall–Kier alpha value is -2.01. The molecule has 1 aromatic carbocycles. The lowest BCUT2D eigenvalue weighted by atomic mass is 10.1. The fourth-order valence-electron chi connectivity index (χ4n) is 3.26. The maximum atomic E-state index is 6.08. The summed E-state index contributed by atoms with van der Waals surface area (Å²) in [6.07, 6.45) is 4.84. The van der Waals surface area contributed by atoms with Crippen LogP contribution in [-0.4, -0.2) is 26.4 Å². The fourth-order valence-corrected chi connectivity index (χ4v) is 3.78. The zero-order valence-electron chi connectivity index (χ0n) is 14.4. The molecule has 0 radical (unpaired) electrons. The molecule has 0 saturated carbocycles. The third-order valence-electron chi connectivity index (χ3n) is 4.52. The molecule has 26 heavy (non-hydrogen) atoms. The van der Waals surface area contributed by atoms with Crippen LogP contribution in [0.2, 0.25) is 10.0 Å². The lowest BCUT2D eigenvalue weighted by Gasteiger charge is -2.27. The van der Waals surface area contributed by atoms with Gasteiger partial charge in [0, 0.05) is 65.3 Å². The summed E-state index contributed by atoms with van der Waals surface area (Å²) in [6.45, 7) is 4.67. The molecule has 0 atom stereocenters. The number of pyridine rings is 1. The van der Waals surface area contributed by atoms with E-state index >= 15 is 0 Å². The van der Waals surface area contributed by atoms with Gasteiger partial charge in [-0.2, -0.15) is 0 Å². The van der Waals surface area contributed by atoms with Crippen LogP contribution in [0.15, 0.2) is 42.7 Å². The monoisotopic (exact) mass is 384 g/mol.